The van der Waals surface area contributed by atoms with Gasteiger partial charge in [0.2, 0.25) is 5.91 Å². The van der Waals surface area contributed by atoms with Gasteiger partial charge in [-0.2, -0.15) is 11.3 Å². The summed E-state index contributed by atoms with van der Waals surface area (Å²) in [7, 11) is 3.60. The summed E-state index contributed by atoms with van der Waals surface area (Å²) in [6.07, 6.45) is 1.33. The van der Waals surface area contributed by atoms with Crippen LogP contribution in [0.15, 0.2) is 53.2 Å². The number of amides is 2. The van der Waals surface area contributed by atoms with Crippen molar-refractivity contribution in [3.63, 3.8) is 0 Å². The fraction of sp³-hybridized carbons (Fsp3) is 0.333. The van der Waals surface area contributed by atoms with Crippen molar-refractivity contribution in [2.45, 2.75) is 19.8 Å². The van der Waals surface area contributed by atoms with Gasteiger partial charge in [-0.15, -0.1) is 11.3 Å². The van der Waals surface area contributed by atoms with Gasteiger partial charge in [-0.05, 0) is 65.4 Å². The Morgan fingerprint density at radius 2 is 1.83 bits per heavy atom. The molecule has 2 amide bonds. The number of benzene rings is 1. The van der Waals surface area contributed by atoms with Crippen LogP contribution >= 0.6 is 22.7 Å². The van der Waals surface area contributed by atoms with Crippen molar-refractivity contribution < 1.29 is 9.59 Å². The minimum atomic E-state index is -0.574. The lowest BCUT2D eigenvalue weighted by atomic mass is 9.79. The number of carbonyl (C=O) groups is 2. The molecule has 0 saturated carbocycles. The molecule has 1 atom stereocenters. The minimum Gasteiger partial charge on any atom is -0.348 e. The normalized spacial score (nSPS) is 18.6. The zero-order valence-electron chi connectivity index (χ0n) is 17.6. The predicted octanol–water partition coefficient (Wildman–Crippen LogP) is 4.95. The number of hydrogen-bond donors (Lipinski definition) is 0. The molecular weight excluding hydrogens is 412 g/mol. The van der Waals surface area contributed by atoms with Crippen LogP contribution < -0.4 is 0 Å². The van der Waals surface area contributed by atoms with E-state index in [-0.39, 0.29) is 11.8 Å². The molecule has 30 heavy (non-hydrogen) atoms. The molecule has 1 saturated heterocycles. The van der Waals surface area contributed by atoms with E-state index in [4.69, 9.17) is 0 Å². The zero-order chi connectivity index (χ0) is 21.3. The van der Waals surface area contributed by atoms with Gasteiger partial charge < -0.3 is 9.80 Å². The van der Waals surface area contributed by atoms with Crippen LogP contribution in [0, 0.1) is 12.3 Å². The topological polar surface area (TPSA) is 40.6 Å². The molecule has 4 rings (SSSR count). The Bertz CT molecular complexity index is 1040. The molecule has 3 heterocycles. The molecule has 3 aromatic rings. The first kappa shape index (κ1) is 20.8. The van der Waals surface area contributed by atoms with Gasteiger partial charge >= 0.3 is 0 Å². The molecule has 1 aliphatic heterocycles. The molecule has 1 fully saturated rings. The lowest BCUT2D eigenvalue weighted by molar-refractivity contribution is -0.138. The molecule has 2 aromatic heterocycles. The summed E-state index contributed by atoms with van der Waals surface area (Å²) in [5.41, 5.74) is 2.96. The van der Waals surface area contributed by atoms with E-state index in [0.717, 1.165) is 15.3 Å². The highest BCUT2D eigenvalue weighted by Gasteiger charge is 2.47. The van der Waals surface area contributed by atoms with E-state index in [1.807, 2.05) is 24.0 Å². The predicted molar refractivity (Wildman–Crippen MR) is 124 cm³/mol. The fourth-order valence-corrected chi connectivity index (χ4v) is 5.75. The monoisotopic (exact) mass is 438 g/mol. The summed E-state index contributed by atoms with van der Waals surface area (Å²) in [5.74, 6) is 0.136. The van der Waals surface area contributed by atoms with Gasteiger partial charge in [0.1, 0.15) is 0 Å². The fourth-order valence-electron chi connectivity index (χ4n) is 4.25. The molecule has 1 aliphatic rings. The molecular formula is C24H26N2O2S2. The second-order valence-corrected chi connectivity index (χ2v) is 10.3. The van der Waals surface area contributed by atoms with Crippen molar-refractivity contribution in [3.05, 3.63) is 68.5 Å². The Balaban J connectivity index is 1.56. The second kappa shape index (κ2) is 8.36. The Morgan fingerprint density at radius 3 is 2.43 bits per heavy atom. The van der Waals surface area contributed by atoms with Gasteiger partial charge in [-0.25, -0.2) is 0 Å². The van der Waals surface area contributed by atoms with Crippen LogP contribution in [0.2, 0.25) is 0 Å². The van der Waals surface area contributed by atoms with E-state index in [2.05, 4.69) is 41.1 Å². The van der Waals surface area contributed by atoms with Crippen LogP contribution in [0.4, 0.5) is 0 Å². The zero-order valence-corrected chi connectivity index (χ0v) is 19.2. The number of aryl methyl sites for hydroxylation is 1. The highest BCUT2D eigenvalue weighted by Crippen LogP contribution is 2.37. The molecule has 1 aromatic carbocycles. The first-order valence-corrected chi connectivity index (χ1v) is 11.8. The van der Waals surface area contributed by atoms with Gasteiger partial charge in [0.05, 0.1) is 10.3 Å². The molecule has 0 spiro atoms. The van der Waals surface area contributed by atoms with Gasteiger partial charge in [0, 0.05) is 32.1 Å². The minimum absolute atomic E-state index is 0.0364. The van der Waals surface area contributed by atoms with Crippen molar-refractivity contribution in [3.8, 4) is 11.1 Å². The maximum atomic E-state index is 13.2. The van der Waals surface area contributed by atoms with E-state index >= 15 is 0 Å². The van der Waals surface area contributed by atoms with E-state index < -0.39 is 5.41 Å². The van der Waals surface area contributed by atoms with Gasteiger partial charge in [-0.1, -0.05) is 24.3 Å². The van der Waals surface area contributed by atoms with Crippen molar-refractivity contribution in [2.24, 2.45) is 5.41 Å². The van der Waals surface area contributed by atoms with Gasteiger partial charge in [-0.3, -0.25) is 9.59 Å². The smallest absolute Gasteiger partial charge is 0.263 e. The molecule has 1 unspecified atom stereocenters. The third-order valence-electron chi connectivity index (χ3n) is 5.80. The summed E-state index contributed by atoms with van der Waals surface area (Å²) < 4.78 is 0. The molecule has 0 radical (unpaired) electrons. The maximum absolute atomic E-state index is 13.2. The largest absolute Gasteiger partial charge is 0.348 e. The number of thiophene rings is 2. The van der Waals surface area contributed by atoms with E-state index in [9.17, 15) is 9.59 Å². The Hall–Kier alpha value is -2.44. The molecule has 156 valence electrons. The average Bonchev–Trinajstić information content (AvgIpc) is 3.49. The average molecular weight is 439 g/mol. The van der Waals surface area contributed by atoms with Crippen LogP contribution in [0.3, 0.4) is 0 Å². The highest BCUT2D eigenvalue weighted by atomic mass is 32.1. The van der Waals surface area contributed by atoms with E-state index in [1.54, 1.807) is 30.3 Å². The van der Waals surface area contributed by atoms with Crippen molar-refractivity contribution in [2.75, 3.05) is 27.2 Å². The Kier molecular flexibility index (Phi) is 5.80. The number of hydrogen-bond acceptors (Lipinski definition) is 4. The quantitative estimate of drug-likeness (QED) is 0.566. The first-order valence-electron chi connectivity index (χ1n) is 10.1. The number of nitrogens with zero attached hydrogens (tertiary/aromatic N) is 2. The molecule has 0 bridgehead atoms. The van der Waals surface area contributed by atoms with E-state index in [1.165, 1.54) is 22.5 Å². The lowest BCUT2D eigenvalue weighted by Crippen LogP contribution is -2.44. The highest BCUT2D eigenvalue weighted by molar-refractivity contribution is 7.13. The molecule has 0 N–H and O–H groups in total. The summed E-state index contributed by atoms with van der Waals surface area (Å²) in [5, 5.41) is 4.21. The van der Waals surface area contributed by atoms with Gasteiger partial charge in [0.25, 0.3) is 5.91 Å². The van der Waals surface area contributed by atoms with Crippen LogP contribution in [0.5, 0.6) is 0 Å². The standard InChI is InChI=1S/C24H26N2O2S2/c1-17-4-9-21(30-17)22(27)26-12-11-24(16-26,23(28)25(2)3)14-18-5-7-19(8-6-18)20-10-13-29-15-20/h4-10,13,15H,11-12,14,16H2,1-3H3. The van der Waals surface area contributed by atoms with Gasteiger partial charge in [0.15, 0.2) is 0 Å². The number of likely N-dealkylation sites (tertiary alicyclic amines) is 1. The van der Waals surface area contributed by atoms with E-state index in [0.29, 0.717) is 25.9 Å². The summed E-state index contributed by atoms with van der Waals surface area (Å²) in [4.78, 5) is 31.6. The van der Waals surface area contributed by atoms with Crippen LogP contribution in [-0.4, -0.2) is 48.8 Å². The maximum Gasteiger partial charge on any atom is 0.263 e. The second-order valence-electron chi connectivity index (χ2n) is 8.25. The van der Waals surface area contributed by atoms with Crippen molar-refractivity contribution in [1.29, 1.82) is 0 Å². The summed E-state index contributed by atoms with van der Waals surface area (Å²) >= 11 is 3.20. The van der Waals surface area contributed by atoms with Crippen molar-refractivity contribution >= 4 is 34.5 Å². The van der Waals surface area contributed by atoms with Crippen LogP contribution in [-0.2, 0) is 11.2 Å². The van der Waals surface area contributed by atoms with Crippen LogP contribution in [0.1, 0.15) is 26.5 Å². The summed E-state index contributed by atoms with van der Waals surface area (Å²) in [6, 6.07) is 14.5. The molecule has 6 heteroatoms. The number of carbonyl (C=O) groups excluding carboxylic acids is 2. The SMILES string of the molecule is Cc1ccc(C(=O)N2CCC(Cc3ccc(-c4ccsc4)cc3)(C(=O)N(C)C)C2)s1. The van der Waals surface area contributed by atoms with Crippen molar-refractivity contribution in [1.82, 2.24) is 9.80 Å². The number of rotatable bonds is 5. The lowest BCUT2D eigenvalue weighted by Gasteiger charge is -2.31. The Morgan fingerprint density at radius 1 is 1.07 bits per heavy atom. The molecule has 4 nitrogen and oxygen atoms in total. The van der Waals surface area contributed by atoms with Crippen LogP contribution in [0.25, 0.3) is 11.1 Å². The summed E-state index contributed by atoms with van der Waals surface area (Å²) in [6.45, 7) is 3.08. The first-order chi connectivity index (χ1) is 14.4. The Labute approximate surface area is 185 Å². The molecule has 0 aliphatic carbocycles. The third kappa shape index (κ3) is 4.07. The third-order valence-corrected chi connectivity index (χ3v) is 7.47.